The number of aliphatic hydroxyl groups excluding tert-OH is 1. The van der Waals surface area contributed by atoms with Crippen LogP contribution in [0.1, 0.15) is 74.5 Å². The fraction of sp³-hybridized carbons (Fsp3) is 0.800. The second kappa shape index (κ2) is 10.8. The van der Waals surface area contributed by atoms with Gasteiger partial charge >= 0.3 is 17.1 Å². The Balaban J connectivity index is 1.88. The van der Waals surface area contributed by atoms with E-state index in [-0.39, 0.29) is 47.6 Å². The lowest BCUT2D eigenvalue weighted by atomic mass is 9.89. The summed E-state index contributed by atoms with van der Waals surface area (Å²) in [5, 5.41) is 22.2. The highest BCUT2D eigenvalue weighted by Crippen LogP contribution is 2.52. The van der Waals surface area contributed by atoms with E-state index in [2.05, 4.69) is 70.3 Å². The molecule has 0 saturated carbocycles. The third-order valence-corrected chi connectivity index (χ3v) is 18.5. The summed E-state index contributed by atoms with van der Waals surface area (Å²) in [6.45, 7) is 17.4. The molecule has 13 heteroatoms. The SMILES string of the molecule is CC(C)[Si]1(C(C)C)OC[C@H]2O[C@@H](n3cnc4c(N)ncnc43)[C@](O)(CCCO)[C@@H]2O[Si](C(C)C)(C(C)C)O1. The molecule has 0 bridgehead atoms. The van der Waals surface area contributed by atoms with Crippen LogP contribution in [0.25, 0.3) is 11.2 Å². The van der Waals surface area contributed by atoms with Gasteiger partial charge in [0.05, 0.1) is 12.9 Å². The van der Waals surface area contributed by atoms with Gasteiger partial charge in [-0.25, -0.2) is 15.0 Å². The van der Waals surface area contributed by atoms with Gasteiger partial charge in [0, 0.05) is 6.61 Å². The molecule has 0 radical (unpaired) electrons. The van der Waals surface area contributed by atoms with Crippen molar-refractivity contribution in [3.8, 4) is 0 Å². The first kappa shape index (κ1) is 29.5. The molecule has 0 unspecified atom stereocenters. The van der Waals surface area contributed by atoms with Crippen LogP contribution in [0.3, 0.4) is 0 Å². The van der Waals surface area contributed by atoms with Crippen molar-refractivity contribution in [2.75, 3.05) is 18.9 Å². The summed E-state index contributed by atoms with van der Waals surface area (Å²) in [5.74, 6) is 0.250. The van der Waals surface area contributed by atoms with Gasteiger partial charge in [0.25, 0.3) is 0 Å². The molecular formula is C25H45N5O6Si2. The summed E-state index contributed by atoms with van der Waals surface area (Å²) in [7, 11) is -5.78. The van der Waals surface area contributed by atoms with Crippen LogP contribution in [0, 0.1) is 0 Å². The third kappa shape index (κ3) is 4.64. The molecule has 4 heterocycles. The number of nitrogen functional groups attached to an aromatic ring is 1. The predicted octanol–water partition coefficient (Wildman–Crippen LogP) is 3.77. The Morgan fingerprint density at radius 3 is 2.24 bits per heavy atom. The van der Waals surface area contributed by atoms with Crippen LogP contribution in [0.15, 0.2) is 12.7 Å². The van der Waals surface area contributed by atoms with E-state index in [9.17, 15) is 10.2 Å². The summed E-state index contributed by atoms with van der Waals surface area (Å²) in [4.78, 5) is 12.8. The van der Waals surface area contributed by atoms with E-state index >= 15 is 0 Å². The van der Waals surface area contributed by atoms with Crippen molar-refractivity contribution in [2.45, 2.75) is 114 Å². The lowest BCUT2D eigenvalue weighted by molar-refractivity contribution is -0.113. The largest absolute Gasteiger partial charge is 0.414 e. The van der Waals surface area contributed by atoms with Gasteiger partial charge in [-0.1, -0.05) is 55.4 Å². The average Bonchev–Trinajstić information content (AvgIpc) is 3.37. The molecule has 4 rings (SSSR count). The van der Waals surface area contributed by atoms with Crippen LogP contribution in [-0.2, 0) is 17.7 Å². The van der Waals surface area contributed by atoms with Gasteiger partial charge < -0.3 is 33.7 Å². The maximum absolute atomic E-state index is 12.5. The molecule has 2 aliphatic heterocycles. The fourth-order valence-electron chi connectivity index (χ4n) is 6.22. The van der Waals surface area contributed by atoms with Crippen molar-refractivity contribution >= 4 is 34.1 Å². The average molecular weight is 568 g/mol. The monoisotopic (exact) mass is 567 g/mol. The van der Waals surface area contributed by atoms with Crippen molar-refractivity contribution in [1.82, 2.24) is 19.5 Å². The zero-order valence-electron chi connectivity index (χ0n) is 23.9. The maximum atomic E-state index is 12.5. The number of fused-ring (bicyclic) bond motifs is 2. The molecule has 2 saturated heterocycles. The lowest BCUT2D eigenvalue weighted by Crippen LogP contribution is -2.67. The molecular weight excluding hydrogens is 522 g/mol. The predicted molar refractivity (Wildman–Crippen MR) is 149 cm³/mol. The Labute approximate surface area is 227 Å². The summed E-state index contributed by atoms with van der Waals surface area (Å²) >= 11 is 0. The second-order valence-electron chi connectivity index (χ2n) is 11.9. The van der Waals surface area contributed by atoms with E-state index in [1.54, 1.807) is 10.9 Å². The Hall–Kier alpha value is -1.46. The lowest BCUT2D eigenvalue weighted by Gasteiger charge is -2.52. The quantitative estimate of drug-likeness (QED) is 0.403. The van der Waals surface area contributed by atoms with Crippen molar-refractivity contribution in [2.24, 2.45) is 0 Å². The summed E-state index contributed by atoms with van der Waals surface area (Å²) in [6, 6.07) is 0. The Kier molecular flexibility index (Phi) is 8.42. The number of nitrogens with two attached hydrogens (primary N) is 1. The first-order chi connectivity index (χ1) is 17.8. The minimum Gasteiger partial charge on any atom is -0.414 e. The zero-order chi connectivity index (χ0) is 28.0. The van der Waals surface area contributed by atoms with Crippen molar-refractivity contribution in [3.63, 3.8) is 0 Å². The number of rotatable bonds is 8. The van der Waals surface area contributed by atoms with E-state index < -0.39 is 41.2 Å². The first-order valence-corrected chi connectivity index (χ1v) is 17.7. The van der Waals surface area contributed by atoms with Gasteiger partial charge in [-0.15, -0.1) is 0 Å². The second-order valence-corrected chi connectivity index (χ2v) is 20.8. The van der Waals surface area contributed by atoms with E-state index in [1.807, 2.05) is 0 Å². The molecule has 38 heavy (non-hydrogen) atoms. The van der Waals surface area contributed by atoms with Crippen LogP contribution in [0.4, 0.5) is 5.82 Å². The number of aromatic nitrogens is 4. The molecule has 0 spiro atoms. The maximum Gasteiger partial charge on any atom is 0.335 e. The summed E-state index contributed by atoms with van der Waals surface area (Å²) in [5.41, 5.74) is 6.00. The Bertz CT molecular complexity index is 1100. The molecule has 2 fully saturated rings. The number of anilines is 1. The molecule has 214 valence electrons. The van der Waals surface area contributed by atoms with E-state index in [0.29, 0.717) is 17.6 Å². The van der Waals surface area contributed by atoms with Crippen LogP contribution < -0.4 is 5.73 Å². The van der Waals surface area contributed by atoms with Gasteiger partial charge in [0.15, 0.2) is 17.7 Å². The van der Waals surface area contributed by atoms with Crippen molar-refractivity contribution in [1.29, 1.82) is 0 Å². The van der Waals surface area contributed by atoms with Gasteiger partial charge in [-0.2, -0.15) is 0 Å². The van der Waals surface area contributed by atoms with Crippen LogP contribution in [-0.4, -0.2) is 77.9 Å². The number of nitrogens with zero attached hydrogens (tertiary/aromatic N) is 4. The van der Waals surface area contributed by atoms with Crippen LogP contribution >= 0.6 is 0 Å². The van der Waals surface area contributed by atoms with Crippen LogP contribution in [0.2, 0.25) is 22.2 Å². The van der Waals surface area contributed by atoms with E-state index in [1.165, 1.54) is 6.33 Å². The molecule has 4 atom stereocenters. The number of ether oxygens (including phenoxy) is 1. The van der Waals surface area contributed by atoms with Crippen LogP contribution in [0.5, 0.6) is 0 Å². The Morgan fingerprint density at radius 2 is 1.66 bits per heavy atom. The molecule has 2 aromatic heterocycles. The van der Waals surface area contributed by atoms with Crippen molar-refractivity contribution < 1.29 is 27.9 Å². The van der Waals surface area contributed by atoms with E-state index in [0.717, 1.165) is 0 Å². The summed E-state index contributed by atoms with van der Waals surface area (Å²) < 4.78 is 29.7. The van der Waals surface area contributed by atoms with Crippen molar-refractivity contribution in [3.05, 3.63) is 12.7 Å². The number of aliphatic hydroxyl groups is 2. The summed E-state index contributed by atoms with van der Waals surface area (Å²) in [6.07, 6.45) is 1.37. The molecule has 11 nitrogen and oxygen atoms in total. The van der Waals surface area contributed by atoms with Gasteiger partial charge in [0.2, 0.25) is 0 Å². The molecule has 0 aromatic carbocycles. The Morgan fingerprint density at radius 1 is 1.03 bits per heavy atom. The minimum atomic E-state index is -3.01. The highest BCUT2D eigenvalue weighted by Gasteiger charge is 2.65. The highest BCUT2D eigenvalue weighted by molar-refractivity contribution is 6.84. The van der Waals surface area contributed by atoms with E-state index in [4.69, 9.17) is 23.4 Å². The van der Waals surface area contributed by atoms with Gasteiger partial charge in [0.1, 0.15) is 29.7 Å². The molecule has 2 aliphatic rings. The molecule has 0 amide bonds. The smallest absolute Gasteiger partial charge is 0.335 e. The van der Waals surface area contributed by atoms with Gasteiger partial charge in [-0.3, -0.25) is 4.57 Å². The normalized spacial score (nSPS) is 29.4. The third-order valence-electron chi connectivity index (χ3n) is 8.26. The number of hydrogen-bond acceptors (Lipinski definition) is 10. The number of hydrogen-bond donors (Lipinski definition) is 3. The molecule has 2 aromatic rings. The fourth-order valence-corrected chi connectivity index (χ4v) is 17.5. The molecule has 4 N–H and O–H groups in total. The molecule has 0 aliphatic carbocycles. The zero-order valence-corrected chi connectivity index (χ0v) is 25.9. The number of imidazole rings is 1. The standard InChI is InChI=1S/C25H45N5O6Si2/c1-15(2)37(16(3)4)33-12-19-21(35-38(36-37,17(5)6)18(7)8)25(32,10-9-11-31)24(34-19)30-14-29-20-22(26)27-13-28-23(20)30/h13-19,21,24,31-32H,9-12H2,1-8H3,(H2,26,27,28)/t19-,21-,24-,25+/m1/s1. The van der Waals surface area contributed by atoms with Gasteiger partial charge in [-0.05, 0) is 35.0 Å². The topological polar surface area (TPSA) is 147 Å². The first-order valence-electron chi connectivity index (χ1n) is 13.8. The minimum absolute atomic E-state index is 0.0765. The highest BCUT2D eigenvalue weighted by atomic mass is 28.5.